The molecule has 0 atom stereocenters. The van der Waals surface area contributed by atoms with Gasteiger partial charge >= 0.3 is 6.09 Å². The molecular weight excluding hydrogens is 256 g/mol. The van der Waals surface area contributed by atoms with Crippen LogP contribution in [0.5, 0.6) is 0 Å². The fourth-order valence-electron chi connectivity index (χ4n) is 2.32. The number of rotatable bonds is 2. The third-order valence-corrected chi connectivity index (χ3v) is 3.38. The van der Waals surface area contributed by atoms with Gasteiger partial charge in [-0.3, -0.25) is 4.68 Å². The molecule has 0 unspecified atom stereocenters. The maximum absolute atomic E-state index is 12.0. The summed E-state index contributed by atoms with van der Waals surface area (Å²) in [4.78, 5) is 13.7. The predicted molar refractivity (Wildman–Crippen MR) is 76.2 cm³/mol. The van der Waals surface area contributed by atoms with Gasteiger partial charge in [-0.05, 0) is 33.6 Å². The molecule has 1 aromatic rings. The third kappa shape index (κ3) is 3.72. The molecule has 1 aliphatic heterocycles. The molecule has 6 heteroatoms. The summed E-state index contributed by atoms with van der Waals surface area (Å²) in [5.41, 5.74) is 6.19. The number of nitrogens with two attached hydrogens (primary N) is 1. The fraction of sp³-hybridized carbons (Fsp3) is 0.714. The SMILES string of the molecule is CC(C)(C)OC(=O)N1CCC(n2cc(CN)cn2)CC1. The molecule has 0 bridgehead atoms. The van der Waals surface area contributed by atoms with Crippen LogP contribution in [0, 0.1) is 0 Å². The monoisotopic (exact) mass is 280 g/mol. The highest BCUT2D eigenvalue weighted by Crippen LogP contribution is 2.23. The van der Waals surface area contributed by atoms with Gasteiger partial charge in [-0.25, -0.2) is 4.79 Å². The molecule has 2 heterocycles. The second kappa shape index (κ2) is 5.83. The first-order valence-corrected chi connectivity index (χ1v) is 7.10. The molecule has 1 saturated heterocycles. The van der Waals surface area contributed by atoms with E-state index in [0.29, 0.717) is 25.7 Å². The summed E-state index contributed by atoms with van der Waals surface area (Å²) in [6.45, 7) is 7.58. The van der Waals surface area contributed by atoms with E-state index < -0.39 is 5.60 Å². The number of carbonyl (C=O) groups is 1. The van der Waals surface area contributed by atoms with Gasteiger partial charge in [0.05, 0.1) is 12.2 Å². The Bertz CT molecular complexity index is 456. The number of hydrogen-bond acceptors (Lipinski definition) is 4. The minimum atomic E-state index is -0.439. The molecule has 0 aromatic carbocycles. The van der Waals surface area contributed by atoms with Crippen molar-refractivity contribution in [2.45, 2.75) is 51.8 Å². The molecule has 6 nitrogen and oxygen atoms in total. The minimum Gasteiger partial charge on any atom is -0.444 e. The van der Waals surface area contributed by atoms with Crippen molar-refractivity contribution in [3.05, 3.63) is 18.0 Å². The molecule has 1 amide bonds. The van der Waals surface area contributed by atoms with Gasteiger partial charge in [0.15, 0.2) is 0 Å². The van der Waals surface area contributed by atoms with Gasteiger partial charge in [0, 0.05) is 31.4 Å². The number of hydrogen-bond donors (Lipinski definition) is 1. The zero-order valence-electron chi connectivity index (χ0n) is 12.5. The Hall–Kier alpha value is -1.56. The Morgan fingerprint density at radius 3 is 2.60 bits per heavy atom. The topological polar surface area (TPSA) is 73.4 Å². The van der Waals surface area contributed by atoms with Crippen LogP contribution in [0.25, 0.3) is 0 Å². The molecule has 0 aliphatic carbocycles. The van der Waals surface area contributed by atoms with Crippen molar-refractivity contribution in [2.75, 3.05) is 13.1 Å². The standard InChI is InChI=1S/C14H24N4O2/c1-14(2,3)20-13(19)17-6-4-12(5-7-17)18-10-11(8-15)9-16-18/h9-10,12H,4-8,15H2,1-3H3. The zero-order chi connectivity index (χ0) is 14.8. The Labute approximate surface area is 119 Å². The van der Waals surface area contributed by atoms with E-state index in [2.05, 4.69) is 5.10 Å². The van der Waals surface area contributed by atoms with Gasteiger partial charge in [0.2, 0.25) is 0 Å². The molecule has 0 spiro atoms. The first-order chi connectivity index (χ1) is 9.39. The number of piperidine rings is 1. The largest absolute Gasteiger partial charge is 0.444 e. The maximum Gasteiger partial charge on any atom is 0.410 e. The van der Waals surface area contributed by atoms with E-state index in [0.717, 1.165) is 18.4 Å². The lowest BCUT2D eigenvalue weighted by Gasteiger charge is -2.33. The molecular formula is C14H24N4O2. The molecule has 2 N–H and O–H groups in total. The van der Waals surface area contributed by atoms with Gasteiger partial charge < -0.3 is 15.4 Å². The lowest BCUT2D eigenvalue weighted by Crippen LogP contribution is -2.42. The van der Waals surface area contributed by atoms with Crippen LogP contribution in [-0.2, 0) is 11.3 Å². The summed E-state index contributed by atoms with van der Waals surface area (Å²) in [6.07, 6.45) is 5.36. The molecule has 0 radical (unpaired) electrons. The van der Waals surface area contributed by atoms with Crippen LogP contribution in [0.3, 0.4) is 0 Å². The van der Waals surface area contributed by atoms with Crippen LogP contribution in [-0.4, -0.2) is 39.5 Å². The van der Waals surface area contributed by atoms with E-state index in [1.807, 2.05) is 31.6 Å². The summed E-state index contributed by atoms with van der Waals surface area (Å²) >= 11 is 0. The maximum atomic E-state index is 12.0. The average Bonchev–Trinajstić information content (AvgIpc) is 2.85. The lowest BCUT2D eigenvalue weighted by molar-refractivity contribution is 0.0185. The lowest BCUT2D eigenvalue weighted by atomic mass is 10.1. The number of ether oxygens (including phenoxy) is 1. The minimum absolute atomic E-state index is 0.223. The Balaban J connectivity index is 1.87. The van der Waals surface area contributed by atoms with Gasteiger partial charge in [-0.1, -0.05) is 0 Å². The van der Waals surface area contributed by atoms with Crippen LogP contribution in [0.2, 0.25) is 0 Å². The highest BCUT2D eigenvalue weighted by atomic mass is 16.6. The van der Waals surface area contributed by atoms with Gasteiger partial charge in [0.1, 0.15) is 5.60 Å². The number of amides is 1. The van der Waals surface area contributed by atoms with Crippen molar-refractivity contribution in [2.24, 2.45) is 5.73 Å². The van der Waals surface area contributed by atoms with Crippen molar-refractivity contribution in [3.63, 3.8) is 0 Å². The van der Waals surface area contributed by atoms with Gasteiger partial charge in [0.25, 0.3) is 0 Å². The van der Waals surface area contributed by atoms with Crippen LogP contribution in [0.1, 0.15) is 45.2 Å². The quantitative estimate of drug-likeness (QED) is 0.898. The normalized spacial score (nSPS) is 17.3. The average molecular weight is 280 g/mol. The van der Waals surface area contributed by atoms with Crippen molar-refractivity contribution in [3.8, 4) is 0 Å². The summed E-state index contributed by atoms with van der Waals surface area (Å²) in [5, 5.41) is 4.34. The molecule has 1 aromatic heterocycles. The van der Waals surface area contributed by atoms with Gasteiger partial charge in [-0.2, -0.15) is 5.10 Å². The molecule has 20 heavy (non-hydrogen) atoms. The summed E-state index contributed by atoms with van der Waals surface area (Å²) in [6, 6.07) is 0.342. The highest BCUT2D eigenvalue weighted by molar-refractivity contribution is 5.68. The van der Waals surface area contributed by atoms with E-state index in [9.17, 15) is 4.79 Å². The van der Waals surface area contributed by atoms with Crippen LogP contribution >= 0.6 is 0 Å². The van der Waals surface area contributed by atoms with E-state index in [1.165, 1.54) is 0 Å². The summed E-state index contributed by atoms with van der Waals surface area (Å²) in [5.74, 6) is 0. The van der Waals surface area contributed by atoms with Crippen molar-refractivity contribution >= 4 is 6.09 Å². The van der Waals surface area contributed by atoms with Crippen molar-refractivity contribution in [1.82, 2.24) is 14.7 Å². The fourth-order valence-corrected chi connectivity index (χ4v) is 2.32. The Morgan fingerprint density at radius 1 is 1.45 bits per heavy atom. The second-order valence-electron chi connectivity index (χ2n) is 6.23. The summed E-state index contributed by atoms with van der Waals surface area (Å²) < 4.78 is 7.35. The van der Waals surface area contributed by atoms with Crippen molar-refractivity contribution < 1.29 is 9.53 Å². The van der Waals surface area contributed by atoms with Crippen LogP contribution < -0.4 is 5.73 Å². The molecule has 112 valence electrons. The molecule has 1 aliphatic rings. The van der Waals surface area contributed by atoms with E-state index in [-0.39, 0.29) is 6.09 Å². The number of carbonyl (C=O) groups excluding carboxylic acids is 1. The van der Waals surface area contributed by atoms with E-state index in [4.69, 9.17) is 10.5 Å². The smallest absolute Gasteiger partial charge is 0.410 e. The molecule has 1 fully saturated rings. The second-order valence-corrected chi connectivity index (χ2v) is 6.23. The highest BCUT2D eigenvalue weighted by Gasteiger charge is 2.27. The first kappa shape index (κ1) is 14.8. The van der Waals surface area contributed by atoms with Crippen LogP contribution in [0.15, 0.2) is 12.4 Å². The number of aromatic nitrogens is 2. The first-order valence-electron chi connectivity index (χ1n) is 7.10. The Morgan fingerprint density at radius 2 is 2.10 bits per heavy atom. The Kier molecular flexibility index (Phi) is 4.32. The third-order valence-electron chi connectivity index (χ3n) is 3.38. The zero-order valence-corrected chi connectivity index (χ0v) is 12.5. The van der Waals surface area contributed by atoms with E-state index >= 15 is 0 Å². The molecule has 2 rings (SSSR count). The van der Waals surface area contributed by atoms with Crippen molar-refractivity contribution in [1.29, 1.82) is 0 Å². The van der Waals surface area contributed by atoms with Gasteiger partial charge in [-0.15, -0.1) is 0 Å². The molecule has 0 saturated carbocycles. The number of likely N-dealkylation sites (tertiary alicyclic amines) is 1. The van der Waals surface area contributed by atoms with Crippen LogP contribution in [0.4, 0.5) is 4.79 Å². The summed E-state index contributed by atoms with van der Waals surface area (Å²) in [7, 11) is 0. The number of nitrogens with zero attached hydrogens (tertiary/aromatic N) is 3. The predicted octanol–water partition coefficient (Wildman–Crippen LogP) is 1.91. The van der Waals surface area contributed by atoms with E-state index in [1.54, 1.807) is 11.1 Å².